The highest BCUT2D eigenvalue weighted by Crippen LogP contribution is 2.18. The van der Waals surface area contributed by atoms with Crippen molar-refractivity contribution in [2.45, 2.75) is 37.1 Å². The number of amides is 1. The Morgan fingerprint density at radius 2 is 1.29 bits per heavy atom. The van der Waals surface area contributed by atoms with Gasteiger partial charge in [0, 0.05) is 50.5 Å². The molecule has 1 fully saturated rings. The molecule has 184 valence electrons. The van der Waals surface area contributed by atoms with Gasteiger partial charge in [-0.25, -0.2) is 8.42 Å². The van der Waals surface area contributed by atoms with Gasteiger partial charge < -0.3 is 5.32 Å². The number of anilines is 1. The minimum absolute atomic E-state index is 0.231. The molecule has 0 atom stereocenters. The quantitative estimate of drug-likeness (QED) is 0.505. The molecule has 1 amide bonds. The number of nitrogens with one attached hydrogen (secondary N) is 1. The fourth-order valence-electron chi connectivity index (χ4n) is 4.17. The van der Waals surface area contributed by atoms with Gasteiger partial charge in [0.15, 0.2) is 9.84 Å². The molecule has 1 heterocycles. The van der Waals surface area contributed by atoms with Crippen LogP contribution in [0.4, 0.5) is 5.69 Å². The first-order valence-corrected chi connectivity index (χ1v) is 13.6. The monoisotopic (exact) mass is 491 g/mol. The first-order valence-electron chi connectivity index (χ1n) is 12.0. The maximum absolute atomic E-state index is 12.6. The molecule has 0 saturated carbocycles. The van der Waals surface area contributed by atoms with Crippen LogP contribution in [-0.2, 0) is 22.9 Å². The van der Waals surface area contributed by atoms with Gasteiger partial charge >= 0.3 is 0 Å². The van der Waals surface area contributed by atoms with Crippen molar-refractivity contribution in [3.63, 3.8) is 0 Å². The number of rotatable bonds is 8. The van der Waals surface area contributed by atoms with E-state index in [0.29, 0.717) is 11.3 Å². The Balaban J connectivity index is 1.26. The van der Waals surface area contributed by atoms with Crippen molar-refractivity contribution < 1.29 is 13.2 Å². The molecule has 0 unspecified atom stereocenters. The van der Waals surface area contributed by atoms with Crippen molar-refractivity contribution >= 4 is 21.4 Å². The second-order valence-electron chi connectivity index (χ2n) is 9.31. The van der Waals surface area contributed by atoms with E-state index in [2.05, 4.69) is 45.4 Å². The summed E-state index contributed by atoms with van der Waals surface area (Å²) in [7, 11) is -3.35. The summed E-state index contributed by atoms with van der Waals surface area (Å²) in [5.41, 5.74) is 3.70. The van der Waals surface area contributed by atoms with Gasteiger partial charge in [-0.05, 0) is 61.4 Å². The molecule has 0 bridgehead atoms. The Bertz CT molecular complexity index is 1220. The summed E-state index contributed by atoms with van der Waals surface area (Å²) < 4.78 is 24.5. The van der Waals surface area contributed by atoms with Gasteiger partial charge in [-0.15, -0.1) is 0 Å². The average molecular weight is 492 g/mol. The number of carbonyl (C=O) groups is 1. The van der Waals surface area contributed by atoms with Crippen LogP contribution in [0, 0.1) is 0 Å². The van der Waals surface area contributed by atoms with Crippen molar-refractivity contribution in [3.05, 3.63) is 95.6 Å². The zero-order chi connectivity index (χ0) is 24.8. The number of sulfone groups is 1. The summed E-state index contributed by atoms with van der Waals surface area (Å²) in [6.45, 7) is 9.36. The standard InChI is InChI=1S/C28H33N3O3S/c1-22(2)35(33,34)27-14-10-25(11-15-27)28(32)29-26-12-8-24(9-13-26)21-31-18-16-30(17-19-31)20-23-6-4-3-5-7-23/h3-15,22H,16-21H2,1-2H3,(H,29,32). The van der Waals surface area contributed by atoms with E-state index in [1.165, 1.54) is 23.3 Å². The molecule has 35 heavy (non-hydrogen) atoms. The van der Waals surface area contributed by atoms with Crippen LogP contribution in [0.15, 0.2) is 83.8 Å². The lowest BCUT2D eigenvalue weighted by molar-refractivity contribution is 0.102. The fraction of sp³-hybridized carbons (Fsp3) is 0.321. The highest BCUT2D eigenvalue weighted by molar-refractivity contribution is 7.92. The molecule has 1 aliphatic heterocycles. The SMILES string of the molecule is CC(C)S(=O)(=O)c1ccc(C(=O)Nc2ccc(CN3CCN(Cc4ccccc4)CC3)cc2)cc1. The first-order chi connectivity index (χ1) is 16.8. The van der Waals surface area contributed by atoms with E-state index >= 15 is 0 Å². The number of piperazine rings is 1. The van der Waals surface area contributed by atoms with E-state index in [9.17, 15) is 13.2 Å². The molecule has 3 aromatic carbocycles. The predicted octanol–water partition coefficient (Wildman–Crippen LogP) is 4.44. The highest BCUT2D eigenvalue weighted by Gasteiger charge is 2.20. The third-order valence-electron chi connectivity index (χ3n) is 6.40. The zero-order valence-corrected chi connectivity index (χ0v) is 21.2. The largest absolute Gasteiger partial charge is 0.322 e. The summed E-state index contributed by atoms with van der Waals surface area (Å²) in [6, 6.07) is 24.6. The fourth-order valence-corrected chi connectivity index (χ4v) is 5.23. The molecule has 1 aliphatic rings. The van der Waals surface area contributed by atoms with Crippen molar-refractivity contribution in [2.24, 2.45) is 0 Å². The van der Waals surface area contributed by atoms with Crippen molar-refractivity contribution in [2.75, 3.05) is 31.5 Å². The van der Waals surface area contributed by atoms with Gasteiger partial charge in [-0.3, -0.25) is 14.6 Å². The first kappa shape index (κ1) is 25.1. The third-order valence-corrected chi connectivity index (χ3v) is 8.57. The molecule has 1 N–H and O–H groups in total. The molecule has 6 nitrogen and oxygen atoms in total. The summed E-state index contributed by atoms with van der Waals surface area (Å²) in [5, 5.41) is 2.39. The normalized spacial score (nSPS) is 15.3. The molecule has 0 aromatic heterocycles. The van der Waals surface area contributed by atoms with Gasteiger partial charge in [0.25, 0.3) is 5.91 Å². The van der Waals surface area contributed by atoms with Crippen LogP contribution < -0.4 is 5.32 Å². The van der Waals surface area contributed by atoms with E-state index in [1.807, 2.05) is 24.3 Å². The highest BCUT2D eigenvalue weighted by atomic mass is 32.2. The minimum atomic E-state index is -3.35. The van der Waals surface area contributed by atoms with E-state index in [-0.39, 0.29) is 10.8 Å². The maximum Gasteiger partial charge on any atom is 0.255 e. The molecular weight excluding hydrogens is 458 g/mol. The van der Waals surface area contributed by atoms with Crippen LogP contribution >= 0.6 is 0 Å². The van der Waals surface area contributed by atoms with Crippen LogP contribution in [0.3, 0.4) is 0 Å². The lowest BCUT2D eigenvalue weighted by atomic mass is 10.1. The van der Waals surface area contributed by atoms with Crippen molar-refractivity contribution in [3.8, 4) is 0 Å². The lowest BCUT2D eigenvalue weighted by Crippen LogP contribution is -2.45. The third kappa shape index (κ3) is 6.57. The number of nitrogens with zero attached hydrogens (tertiary/aromatic N) is 2. The minimum Gasteiger partial charge on any atom is -0.322 e. The Kier molecular flexibility index (Phi) is 8.00. The van der Waals surface area contributed by atoms with Crippen LogP contribution in [0.5, 0.6) is 0 Å². The van der Waals surface area contributed by atoms with Crippen LogP contribution in [-0.4, -0.2) is 55.6 Å². The van der Waals surface area contributed by atoms with E-state index in [1.54, 1.807) is 26.0 Å². The molecule has 0 radical (unpaired) electrons. The number of hydrogen-bond acceptors (Lipinski definition) is 5. The summed E-state index contributed by atoms with van der Waals surface area (Å²) in [5.74, 6) is -0.263. The van der Waals surface area contributed by atoms with Gasteiger partial charge in [-0.2, -0.15) is 0 Å². The van der Waals surface area contributed by atoms with Gasteiger partial charge in [0.1, 0.15) is 0 Å². The van der Waals surface area contributed by atoms with Crippen molar-refractivity contribution in [1.29, 1.82) is 0 Å². The molecule has 3 aromatic rings. The van der Waals surface area contributed by atoms with Crippen LogP contribution in [0.25, 0.3) is 0 Å². The van der Waals surface area contributed by atoms with Crippen LogP contribution in [0.2, 0.25) is 0 Å². The number of hydrogen-bond donors (Lipinski definition) is 1. The Labute approximate surface area is 208 Å². The summed E-state index contributed by atoms with van der Waals surface area (Å²) in [6.07, 6.45) is 0. The maximum atomic E-state index is 12.6. The van der Waals surface area contributed by atoms with E-state index in [0.717, 1.165) is 39.3 Å². The van der Waals surface area contributed by atoms with Crippen LogP contribution in [0.1, 0.15) is 35.3 Å². The van der Waals surface area contributed by atoms with E-state index < -0.39 is 15.1 Å². The second-order valence-corrected chi connectivity index (χ2v) is 11.8. The summed E-state index contributed by atoms with van der Waals surface area (Å²) >= 11 is 0. The molecular formula is C28H33N3O3S. The zero-order valence-electron chi connectivity index (χ0n) is 20.4. The lowest BCUT2D eigenvalue weighted by Gasteiger charge is -2.34. The molecule has 4 rings (SSSR count). The molecule has 7 heteroatoms. The Morgan fingerprint density at radius 1 is 0.771 bits per heavy atom. The molecule has 1 saturated heterocycles. The van der Waals surface area contributed by atoms with Gasteiger partial charge in [0.05, 0.1) is 10.1 Å². The Morgan fingerprint density at radius 3 is 1.80 bits per heavy atom. The van der Waals surface area contributed by atoms with E-state index in [4.69, 9.17) is 0 Å². The topological polar surface area (TPSA) is 69.7 Å². The van der Waals surface area contributed by atoms with Gasteiger partial charge in [0.2, 0.25) is 0 Å². The number of benzene rings is 3. The van der Waals surface area contributed by atoms with Crippen molar-refractivity contribution in [1.82, 2.24) is 9.80 Å². The summed E-state index contributed by atoms with van der Waals surface area (Å²) in [4.78, 5) is 17.8. The smallest absolute Gasteiger partial charge is 0.255 e. The predicted molar refractivity (Wildman–Crippen MR) is 140 cm³/mol. The molecule has 0 aliphatic carbocycles. The number of carbonyl (C=O) groups excluding carboxylic acids is 1. The second kappa shape index (κ2) is 11.2. The Hall–Kier alpha value is -3.00. The van der Waals surface area contributed by atoms with Gasteiger partial charge in [-0.1, -0.05) is 42.5 Å². The average Bonchev–Trinajstić information content (AvgIpc) is 2.87. The molecule has 0 spiro atoms.